The van der Waals surface area contributed by atoms with Gasteiger partial charge in [0.2, 0.25) is 0 Å². The van der Waals surface area contributed by atoms with E-state index in [0.29, 0.717) is 5.89 Å². The van der Waals surface area contributed by atoms with Gasteiger partial charge in [0.1, 0.15) is 24.6 Å². The molecule has 2 aromatic rings. The second-order valence-electron chi connectivity index (χ2n) is 4.57. The molecule has 1 saturated heterocycles. The summed E-state index contributed by atoms with van der Waals surface area (Å²) in [5, 5.41) is 28.6. The molecule has 4 atom stereocenters. The van der Waals surface area contributed by atoms with E-state index in [4.69, 9.17) is 14.3 Å². The lowest BCUT2D eigenvalue weighted by Gasteiger charge is -2.16. The number of rotatable bonds is 2. The number of fused-ring (bicyclic) bond motifs is 1. The highest BCUT2D eigenvalue weighted by Gasteiger charge is 2.44. The second-order valence-corrected chi connectivity index (χ2v) is 4.57. The highest BCUT2D eigenvalue weighted by Crippen LogP contribution is 2.28. The first-order chi connectivity index (χ1) is 9.52. The molecule has 0 aliphatic carbocycles. The Hall–Kier alpha value is -1.81. The van der Waals surface area contributed by atoms with Crippen molar-refractivity contribution < 1.29 is 24.5 Å². The minimum absolute atomic E-state index is 0.0164. The van der Waals surface area contributed by atoms with Crippen LogP contribution in [-0.2, 0) is 4.74 Å². The van der Waals surface area contributed by atoms with E-state index in [1.54, 1.807) is 6.92 Å². The summed E-state index contributed by atoms with van der Waals surface area (Å²) >= 11 is 0. The van der Waals surface area contributed by atoms with E-state index in [1.807, 2.05) is 0 Å². The standard InChI is InChI=1S/C11H13N3O6/c1-4-13-6-9(19-4)12-3-14(10(6)18)11-8(17)7(16)5(2-15)20-11/h3,5,7-8,11,15-17H,2H2,1H3/t5-,7-,8-,11-/m1/s1. The zero-order chi connectivity index (χ0) is 14.4. The van der Waals surface area contributed by atoms with Crippen molar-refractivity contribution in [1.29, 1.82) is 0 Å². The fraction of sp³-hybridized carbons (Fsp3) is 0.545. The zero-order valence-corrected chi connectivity index (χ0v) is 10.5. The molecule has 1 aliphatic heterocycles. The molecular weight excluding hydrogens is 270 g/mol. The Labute approximate surface area is 112 Å². The van der Waals surface area contributed by atoms with Crippen LogP contribution in [0.15, 0.2) is 15.5 Å². The maximum absolute atomic E-state index is 12.2. The number of nitrogens with zero attached hydrogens (tertiary/aromatic N) is 3. The molecule has 0 amide bonds. The lowest BCUT2D eigenvalue weighted by atomic mass is 10.1. The smallest absolute Gasteiger partial charge is 0.285 e. The Balaban J connectivity index is 2.07. The van der Waals surface area contributed by atoms with Gasteiger partial charge >= 0.3 is 0 Å². The van der Waals surface area contributed by atoms with Gasteiger partial charge in [0.25, 0.3) is 11.3 Å². The number of hydrogen-bond acceptors (Lipinski definition) is 8. The average Bonchev–Trinajstić information content (AvgIpc) is 2.93. The minimum Gasteiger partial charge on any atom is -0.422 e. The summed E-state index contributed by atoms with van der Waals surface area (Å²) in [6.07, 6.45) is -3.58. The maximum atomic E-state index is 12.2. The van der Waals surface area contributed by atoms with Gasteiger partial charge < -0.3 is 24.5 Å². The zero-order valence-electron chi connectivity index (χ0n) is 10.5. The molecule has 0 bridgehead atoms. The Morgan fingerprint density at radius 1 is 1.40 bits per heavy atom. The summed E-state index contributed by atoms with van der Waals surface area (Å²) < 4.78 is 11.4. The van der Waals surface area contributed by atoms with Crippen LogP contribution in [0.4, 0.5) is 0 Å². The molecule has 3 heterocycles. The van der Waals surface area contributed by atoms with Gasteiger partial charge in [0, 0.05) is 6.92 Å². The first-order valence-electron chi connectivity index (χ1n) is 5.99. The number of aromatic nitrogens is 3. The third-order valence-corrected chi connectivity index (χ3v) is 3.24. The molecule has 0 unspecified atom stereocenters. The first kappa shape index (κ1) is 13.2. The predicted octanol–water partition coefficient (Wildman–Crippen LogP) is -1.70. The normalized spacial score (nSPS) is 30.2. The van der Waals surface area contributed by atoms with Crippen molar-refractivity contribution >= 4 is 11.2 Å². The fourth-order valence-electron chi connectivity index (χ4n) is 2.22. The average molecular weight is 283 g/mol. The maximum Gasteiger partial charge on any atom is 0.285 e. The van der Waals surface area contributed by atoms with Crippen molar-refractivity contribution in [3.63, 3.8) is 0 Å². The van der Waals surface area contributed by atoms with E-state index >= 15 is 0 Å². The van der Waals surface area contributed by atoms with E-state index in [9.17, 15) is 15.0 Å². The Kier molecular flexibility index (Phi) is 3.05. The molecule has 1 aliphatic rings. The Morgan fingerprint density at radius 2 is 2.15 bits per heavy atom. The van der Waals surface area contributed by atoms with E-state index in [-0.39, 0.29) is 11.2 Å². The van der Waals surface area contributed by atoms with Crippen molar-refractivity contribution in [3.8, 4) is 0 Å². The van der Waals surface area contributed by atoms with Crippen LogP contribution in [0.2, 0.25) is 0 Å². The van der Waals surface area contributed by atoms with Gasteiger partial charge in [-0.15, -0.1) is 0 Å². The molecule has 20 heavy (non-hydrogen) atoms. The second kappa shape index (κ2) is 4.63. The summed E-state index contributed by atoms with van der Waals surface area (Å²) in [5.74, 6) is 0.295. The molecule has 0 aromatic carbocycles. The van der Waals surface area contributed by atoms with Gasteiger partial charge in [-0.2, -0.15) is 0 Å². The van der Waals surface area contributed by atoms with Crippen LogP contribution in [0.5, 0.6) is 0 Å². The summed E-state index contributed by atoms with van der Waals surface area (Å²) in [5.41, 5.74) is -0.445. The monoisotopic (exact) mass is 283 g/mol. The molecule has 108 valence electrons. The highest BCUT2D eigenvalue weighted by atomic mass is 16.6. The number of aliphatic hydroxyl groups is 3. The molecule has 3 N–H and O–H groups in total. The van der Waals surface area contributed by atoms with Crippen molar-refractivity contribution in [2.75, 3.05) is 6.61 Å². The molecule has 9 heteroatoms. The topological polar surface area (TPSA) is 131 Å². The van der Waals surface area contributed by atoms with Gasteiger partial charge in [-0.05, 0) is 0 Å². The van der Waals surface area contributed by atoms with Gasteiger partial charge in [-0.1, -0.05) is 0 Å². The lowest BCUT2D eigenvalue weighted by Crippen LogP contribution is -2.35. The molecule has 3 rings (SSSR count). The van der Waals surface area contributed by atoms with Crippen molar-refractivity contribution in [2.24, 2.45) is 0 Å². The molecule has 0 saturated carbocycles. The number of aryl methyl sites for hydroxylation is 1. The van der Waals surface area contributed by atoms with E-state index in [0.717, 1.165) is 10.9 Å². The third kappa shape index (κ3) is 1.83. The lowest BCUT2D eigenvalue weighted by molar-refractivity contribution is -0.0546. The molecule has 9 nitrogen and oxygen atoms in total. The van der Waals surface area contributed by atoms with Crippen LogP contribution in [0.25, 0.3) is 11.2 Å². The van der Waals surface area contributed by atoms with Crippen LogP contribution in [0.3, 0.4) is 0 Å². The molecule has 1 fully saturated rings. The summed E-state index contributed by atoms with van der Waals surface area (Å²) in [7, 11) is 0. The Morgan fingerprint density at radius 3 is 2.80 bits per heavy atom. The molecule has 0 spiro atoms. The summed E-state index contributed by atoms with van der Waals surface area (Å²) in [4.78, 5) is 20.1. The van der Waals surface area contributed by atoms with Gasteiger partial charge in [0.15, 0.2) is 17.6 Å². The fourth-order valence-corrected chi connectivity index (χ4v) is 2.22. The van der Waals surface area contributed by atoms with Crippen molar-refractivity contribution in [3.05, 3.63) is 22.6 Å². The van der Waals surface area contributed by atoms with Crippen LogP contribution in [0.1, 0.15) is 12.1 Å². The van der Waals surface area contributed by atoms with Gasteiger partial charge in [0.05, 0.1) is 6.61 Å². The minimum atomic E-state index is -1.35. The van der Waals surface area contributed by atoms with Crippen LogP contribution in [-0.4, -0.2) is 54.8 Å². The third-order valence-electron chi connectivity index (χ3n) is 3.24. The molecular formula is C11H13N3O6. The van der Waals surface area contributed by atoms with Gasteiger partial charge in [-0.25, -0.2) is 9.97 Å². The largest absolute Gasteiger partial charge is 0.422 e. The number of oxazole rings is 1. The number of hydrogen-bond donors (Lipinski definition) is 3. The first-order valence-corrected chi connectivity index (χ1v) is 5.99. The number of ether oxygens (including phenoxy) is 1. The van der Waals surface area contributed by atoms with E-state index < -0.39 is 36.7 Å². The predicted molar refractivity (Wildman–Crippen MR) is 63.8 cm³/mol. The molecule has 0 radical (unpaired) electrons. The van der Waals surface area contributed by atoms with Crippen LogP contribution >= 0.6 is 0 Å². The van der Waals surface area contributed by atoms with Gasteiger partial charge in [-0.3, -0.25) is 9.36 Å². The van der Waals surface area contributed by atoms with Crippen molar-refractivity contribution in [2.45, 2.75) is 31.5 Å². The van der Waals surface area contributed by atoms with E-state index in [2.05, 4.69) is 9.97 Å². The van der Waals surface area contributed by atoms with Crippen LogP contribution < -0.4 is 5.56 Å². The van der Waals surface area contributed by atoms with E-state index in [1.165, 1.54) is 0 Å². The van der Waals surface area contributed by atoms with Crippen LogP contribution in [0, 0.1) is 6.92 Å². The SMILES string of the molecule is Cc1nc2c(=O)n([C@@H]3O[C@H](CO)[C@@H](O)[C@H]3O)cnc2o1. The highest BCUT2D eigenvalue weighted by molar-refractivity contribution is 5.65. The van der Waals surface area contributed by atoms with Crippen molar-refractivity contribution in [1.82, 2.24) is 14.5 Å². The summed E-state index contributed by atoms with van der Waals surface area (Å²) in [6.45, 7) is 1.11. The summed E-state index contributed by atoms with van der Waals surface area (Å²) in [6, 6.07) is 0. The molecule has 2 aromatic heterocycles. The Bertz CT molecular complexity index is 695. The quantitative estimate of drug-likeness (QED) is 0.594. The number of aliphatic hydroxyl groups excluding tert-OH is 3.